The van der Waals surface area contributed by atoms with Crippen molar-refractivity contribution in [1.29, 1.82) is 0 Å². The molecular formula is C13H28N2O2S. The SMILES string of the molecule is CN(CCS(=O)(=O)C(C)(C)C)C1CCC(N)CC1. The van der Waals surface area contributed by atoms with E-state index in [0.717, 1.165) is 25.7 Å². The van der Waals surface area contributed by atoms with Gasteiger partial charge in [0.05, 0.1) is 10.5 Å². The van der Waals surface area contributed by atoms with Crippen LogP contribution in [0.5, 0.6) is 0 Å². The molecule has 1 aliphatic carbocycles. The molecule has 0 radical (unpaired) electrons. The van der Waals surface area contributed by atoms with Gasteiger partial charge in [-0.3, -0.25) is 0 Å². The van der Waals surface area contributed by atoms with Crippen molar-refractivity contribution in [3.05, 3.63) is 0 Å². The van der Waals surface area contributed by atoms with Gasteiger partial charge in [-0.15, -0.1) is 0 Å². The van der Waals surface area contributed by atoms with Crippen LogP contribution >= 0.6 is 0 Å². The van der Waals surface area contributed by atoms with E-state index >= 15 is 0 Å². The van der Waals surface area contributed by atoms with Crippen LogP contribution in [-0.2, 0) is 9.84 Å². The van der Waals surface area contributed by atoms with E-state index < -0.39 is 14.6 Å². The van der Waals surface area contributed by atoms with Gasteiger partial charge < -0.3 is 10.6 Å². The van der Waals surface area contributed by atoms with E-state index in [4.69, 9.17) is 5.73 Å². The van der Waals surface area contributed by atoms with Crippen molar-refractivity contribution in [2.24, 2.45) is 5.73 Å². The van der Waals surface area contributed by atoms with Gasteiger partial charge in [0.25, 0.3) is 0 Å². The quantitative estimate of drug-likeness (QED) is 0.843. The van der Waals surface area contributed by atoms with E-state index in [1.807, 2.05) is 7.05 Å². The van der Waals surface area contributed by atoms with Crippen molar-refractivity contribution >= 4 is 9.84 Å². The highest BCUT2D eigenvalue weighted by Crippen LogP contribution is 2.22. The third kappa shape index (κ3) is 4.21. The molecule has 0 unspecified atom stereocenters. The van der Waals surface area contributed by atoms with Gasteiger partial charge in [0, 0.05) is 18.6 Å². The van der Waals surface area contributed by atoms with E-state index in [0.29, 0.717) is 18.6 Å². The van der Waals surface area contributed by atoms with Gasteiger partial charge in [-0.1, -0.05) is 0 Å². The van der Waals surface area contributed by atoms with E-state index in [2.05, 4.69) is 4.90 Å². The molecule has 1 aliphatic rings. The normalized spacial score (nSPS) is 26.6. The molecule has 0 spiro atoms. The first kappa shape index (κ1) is 15.9. The molecule has 0 saturated heterocycles. The van der Waals surface area contributed by atoms with Crippen LogP contribution in [-0.4, -0.2) is 49.5 Å². The van der Waals surface area contributed by atoms with Crippen molar-refractivity contribution in [1.82, 2.24) is 4.90 Å². The minimum absolute atomic E-state index is 0.246. The van der Waals surface area contributed by atoms with E-state index in [-0.39, 0.29) is 5.75 Å². The van der Waals surface area contributed by atoms with Crippen LogP contribution in [0.1, 0.15) is 46.5 Å². The van der Waals surface area contributed by atoms with Crippen LogP contribution in [0.15, 0.2) is 0 Å². The minimum Gasteiger partial charge on any atom is -0.328 e. The highest BCUT2D eigenvalue weighted by atomic mass is 32.2. The van der Waals surface area contributed by atoms with Crippen LogP contribution in [0.3, 0.4) is 0 Å². The Morgan fingerprint density at radius 2 is 1.67 bits per heavy atom. The molecule has 5 heteroatoms. The molecule has 0 aromatic carbocycles. The van der Waals surface area contributed by atoms with Gasteiger partial charge >= 0.3 is 0 Å². The zero-order valence-corrected chi connectivity index (χ0v) is 13.0. The zero-order chi connectivity index (χ0) is 14.0. The van der Waals surface area contributed by atoms with Crippen molar-refractivity contribution in [3.63, 3.8) is 0 Å². The van der Waals surface area contributed by atoms with Crippen molar-refractivity contribution in [2.45, 2.75) is 63.3 Å². The molecule has 1 saturated carbocycles. The van der Waals surface area contributed by atoms with Crippen LogP contribution in [0.25, 0.3) is 0 Å². The first-order valence-electron chi connectivity index (χ1n) is 6.81. The maximum absolute atomic E-state index is 12.0. The minimum atomic E-state index is -3.01. The fraction of sp³-hybridized carbons (Fsp3) is 1.00. The Morgan fingerprint density at radius 3 is 2.11 bits per heavy atom. The summed E-state index contributed by atoms with van der Waals surface area (Å²) in [6.07, 6.45) is 4.29. The summed E-state index contributed by atoms with van der Waals surface area (Å²) >= 11 is 0. The monoisotopic (exact) mass is 276 g/mol. The maximum atomic E-state index is 12.0. The summed E-state index contributed by atoms with van der Waals surface area (Å²) < 4.78 is 23.4. The molecule has 0 atom stereocenters. The number of nitrogens with zero attached hydrogens (tertiary/aromatic N) is 1. The number of nitrogens with two attached hydrogens (primary N) is 1. The van der Waals surface area contributed by atoms with Crippen molar-refractivity contribution in [2.75, 3.05) is 19.3 Å². The fourth-order valence-electron chi connectivity index (χ4n) is 2.30. The second-order valence-electron chi connectivity index (χ2n) is 6.48. The first-order valence-corrected chi connectivity index (χ1v) is 8.47. The highest BCUT2D eigenvalue weighted by molar-refractivity contribution is 7.92. The summed E-state index contributed by atoms with van der Waals surface area (Å²) in [4.78, 5) is 2.19. The molecule has 0 aromatic heterocycles. The van der Waals surface area contributed by atoms with Crippen LogP contribution in [0.4, 0.5) is 0 Å². The second-order valence-corrected chi connectivity index (χ2v) is 9.34. The second kappa shape index (κ2) is 5.88. The predicted octanol–water partition coefficient (Wildman–Crippen LogP) is 1.40. The number of hydrogen-bond acceptors (Lipinski definition) is 4. The number of sulfone groups is 1. The molecule has 1 fully saturated rings. The lowest BCUT2D eigenvalue weighted by Gasteiger charge is -2.34. The summed E-state index contributed by atoms with van der Waals surface area (Å²) in [6, 6.07) is 0.841. The van der Waals surface area contributed by atoms with E-state index in [1.165, 1.54) is 0 Å². The standard InChI is InChI=1S/C13H28N2O2S/c1-13(2,3)18(16,17)10-9-15(4)12-7-5-11(14)6-8-12/h11-12H,5-10,14H2,1-4H3. The molecule has 18 heavy (non-hydrogen) atoms. The fourth-order valence-corrected chi connectivity index (χ4v) is 3.44. The molecule has 0 bridgehead atoms. The Bertz CT molecular complexity index is 352. The molecule has 0 heterocycles. The average Bonchev–Trinajstić information content (AvgIpc) is 2.25. The molecule has 0 amide bonds. The third-order valence-corrected chi connectivity index (χ3v) is 6.60. The summed E-state index contributed by atoms with van der Waals surface area (Å²) in [5.41, 5.74) is 5.88. The summed E-state index contributed by atoms with van der Waals surface area (Å²) in [6.45, 7) is 5.92. The topological polar surface area (TPSA) is 63.4 Å². The van der Waals surface area contributed by atoms with E-state index in [1.54, 1.807) is 20.8 Å². The molecular weight excluding hydrogens is 248 g/mol. The van der Waals surface area contributed by atoms with Crippen molar-refractivity contribution < 1.29 is 8.42 Å². The van der Waals surface area contributed by atoms with Gasteiger partial charge in [-0.2, -0.15) is 0 Å². The maximum Gasteiger partial charge on any atom is 0.156 e. The van der Waals surface area contributed by atoms with Crippen LogP contribution in [0, 0.1) is 0 Å². The smallest absolute Gasteiger partial charge is 0.156 e. The third-order valence-electron chi connectivity index (χ3n) is 4.01. The number of rotatable bonds is 4. The molecule has 0 aliphatic heterocycles. The Kier molecular flexibility index (Phi) is 5.21. The predicted molar refractivity (Wildman–Crippen MR) is 76.4 cm³/mol. The Hall–Kier alpha value is -0.130. The lowest BCUT2D eigenvalue weighted by atomic mass is 9.91. The average molecular weight is 276 g/mol. The van der Waals surface area contributed by atoms with Gasteiger partial charge in [-0.25, -0.2) is 8.42 Å². The largest absolute Gasteiger partial charge is 0.328 e. The molecule has 2 N–H and O–H groups in total. The summed E-state index contributed by atoms with van der Waals surface area (Å²) in [5.74, 6) is 0.246. The van der Waals surface area contributed by atoms with Gasteiger partial charge in [0.2, 0.25) is 0 Å². The molecule has 4 nitrogen and oxygen atoms in total. The highest BCUT2D eigenvalue weighted by Gasteiger charge is 2.30. The van der Waals surface area contributed by atoms with Crippen LogP contribution < -0.4 is 5.73 Å². The Balaban J connectivity index is 2.44. The molecule has 108 valence electrons. The Labute approximate surface area is 112 Å². The Morgan fingerprint density at radius 1 is 1.17 bits per heavy atom. The first-order chi connectivity index (χ1) is 8.13. The lowest BCUT2D eigenvalue weighted by molar-refractivity contribution is 0.191. The lowest BCUT2D eigenvalue weighted by Crippen LogP contribution is -2.42. The van der Waals surface area contributed by atoms with E-state index in [9.17, 15) is 8.42 Å². The van der Waals surface area contributed by atoms with Gasteiger partial charge in [0.15, 0.2) is 9.84 Å². The van der Waals surface area contributed by atoms with Crippen LogP contribution in [0.2, 0.25) is 0 Å². The van der Waals surface area contributed by atoms with Gasteiger partial charge in [0.1, 0.15) is 0 Å². The van der Waals surface area contributed by atoms with Crippen molar-refractivity contribution in [3.8, 4) is 0 Å². The van der Waals surface area contributed by atoms with Gasteiger partial charge in [-0.05, 0) is 53.5 Å². The number of hydrogen-bond donors (Lipinski definition) is 1. The molecule has 1 rings (SSSR count). The summed E-state index contributed by atoms with van der Waals surface area (Å²) in [7, 11) is -0.981. The zero-order valence-electron chi connectivity index (χ0n) is 12.1. The summed E-state index contributed by atoms with van der Waals surface area (Å²) in [5, 5.41) is 0. The molecule has 0 aromatic rings.